The molecule has 6 nitrogen and oxygen atoms in total. The summed E-state index contributed by atoms with van der Waals surface area (Å²) in [7, 11) is 3.59. The van der Waals surface area contributed by atoms with Crippen molar-refractivity contribution in [3.05, 3.63) is 0 Å². The minimum atomic E-state index is -2.93. The van der Waals surface area contributed by atoms with E-state index in [1.807, 2.05) is 0 Å². The molecule has 0 saturated carbocycles. The summed E-state index contributed by atoms with van der Waals surface area (Å²) < 4.78 is 33.6. The van der Waals surface area contributed by atoms with Crippen LogP contribution in [0.2, 0.25) is 0 Å². The van der Waals surface area contributed by atoms with Crippen molar-refractivity contribution in [2.45, 2.75) is 36.4 Å². The lowest BCUT2D eigenvalue weighted by Gasteiger charge is -2.37. The number of hydrogen-bond acceptors (Lipinski definition) is 7. The van der Waals surface area contributed by atoms with Gasteiger partial charge in [0.2, 0.25) is 0 Å². The summed E-state index contributed by atoms with van der Waals surface area (Å²) >= 11 is 1.29. The van der Waals surface area contributed by atoms with Gasteiger partial charge >= 0.3 is 6.61 Å². The first-order valence-electron chi connectivity index (χ1n) is 5.73. The predicted octanol–water partition coefficient (Wildman–Crippen LogP) is -0.295. The van der Waals surface area contributed by atoms with Crippen molar-refractivity contribution in [2.75, 3.05) is 20.7 Å². The van der Waals surface area contributed by atoms with Gasteiger partial charge in [-0.2, -0.15) is 8.78 Å². The van der Waals surface area contributed by atoms with Crippen LogP contribution in [0.3, 0.4) is 0 Å². The minimum Gasteiger partial charge on any atom is -0.388 e. The number of nitrogens with zero attached hydrogens (tertiary/aromatic N) is 2. The normalized spacial score (nSPS) is 38.3. The van der Waals surface area contributed by atoms with Gasteiger partial charge in [-0.05, 0) is 0 Å². The molecular weight excluding hydrogens is 282 g/mol. The van der Waals surface area contributed by atoms with Gasteiger partial charge in [0.05, 0.1) is 6.61 Å². The van der Waals surface area contributed by atoms with Gasteiger partial charge in [0.25, 0.3) is 0 Å². The Morgan fingerprint density at radius 2 is 2.11 bits per heavy atom. The third-order valence-corrected chi connectivity index (χ3v) is 4.22. The smallest absolute Gasteiger partial charge is 0.345 e. The molecule has 0 radical (unpaired) electrons. The van der Waals surface area contributed by atoms with Crippen LogP contribution in [0.25, 0.3) is 0 Å². The molecule has 0 spiro atoms. The fraction of sp³-hybridized carbons (Fsp3) is 0.900. The first-order valence-corrected chi connectivity index (χ1v) is 6.61. The van der Waals surface area contributed by atoms with E-state index < -0.39 is 43.0 Å². The first-order chi connectivity index (χ1) is 8.90. The number of fused-ring (bicyclic) bond motifs is 1. The maximum atomic E-state index is 12.0. The summed E-state index contributed by atoms with van der Waals surface area (Å²) in [5, 5.41) is 20.5. The van der Waals surface area contributed by atoms with E-state index in [-0.39, 0.29) is 0 Å². The zero-order chi connectivity index (χ0) is 14.2. The van der Waals surface area contributed by atoms with E-state index >= 15 is 0 Å². The summed E-state index contributed by atoms with van der Waals surface area (Å²) in [6.07, 6.45) is -3.45. The largest absolute Gasteiger partial charge is 0.388 e. The highest BCUT2D eigenvalue weighted by Crippen LogP contribution is 2.37. The number of amidine groups is 1. The molecule has 110 valence electrons. The van der Waals surface area contributed by atoms with Crippen molar-refractivity contribution < 1.29 is 28.5 Å². The highest BCUT2D eigenvalue weighted by Gasteiger charge is 2.48. The number of aliphatic hydroxyl groups is 2. The third-order valence-electron chi connectivity index (χ3n) is 2.92. The number of thioether (sulfide) groups is 1. The molecule has 9 heteroatoms. The number of aliphatic hydroxyl groups excluding tert-OH is 2. The summed E-state index contributed by atoms with van der Waals surface area (Å²) in [6, 6.07) is -0.597. The van der Waals surface area contributed by atoms with Crippen LogP contribution in [0.1, 0.15) is 0 Å². The molecule has 2 rings (SSSR count). The molecule has 19 heavy (non-hydrogen) atoms. The monoisotopic (exact) mass is 298 g/mol. The Labute approximate surface area is 113 Å². The number of aliphatic imine (C=N–C) groups is 1. The van der Waals surface area contributed by atoms with Crippen molar-refractivity contribution >= 4 is 16.9 Å². The average Bonchev–Trinajstić information content (AvgIpc) is 2.76. The molecule has 1 saturated heterocycles. The lowest BCUT2D eigenvalue weighted by Crippen LogP contribution is -2.56. The quantitative estimate of drug-likeness (QED) is 0.745. The summed E-state index contributed by atoms with van der Waals surface area (Å²) in [5.41, 5.74) is -0.498. The van der Waals surface area contributed by atoms with Crippen molar-refractivity contribution in [3.8, 4) is 0 Å². The zero-order valence-electron chi connectivity index (χ0n) is 10.4. The summed E-state index contributed by atoms with van der Waals surface area (Å²) in [4.78, 5) is 6.01. The molecule has 0 aliphatic carbocycles. The third kappa shape index (κ3) is 3.16. The van der Waals surface area contributed by atoms with Crippen LogP contribution in [-0.2, 0) is 9.47 Å². The lowest BCUT2D eigenvalue weighted by molar-refractivity contribution is -0.206. The van der Waals surface area contributed by atoms with E-state index in [1.54, 1.807) is 19.0 Å². The Kier molecular flexibility index (Phi) is 4.62. The van der Waals surface area contributed by atoms with E-state index in [1.165, 1.54) is 11.8 Å². The Morgan fingerprint density at radius 1 is 1.42 bits per heavy atom. The molecule has 2 aliphatic heterocycles. The van der Waals surface area contributed by atoms with Crippen molar-refractivity contribution in [3.63, 3.8) is 0 Å². The molecule has 0 amide bonds. The molecule has 0 aromatic heterocycles. The minimum absolute atomic E-state index is 0.475. The van der Waals surface area contributed by atoms with Gasteiger partial charge in [0, 0.05) is 14.1 Å². The molecular formula is C10H16F2N2O4S. The van der Waals surface area contributed by atoms with Gasteiger partial charge in [0.15, 0.2) is 5.17 Å². The van der Waals surface area contributed by atoms with Crippen molar-refractivity contribution in [2.24, 2.45) is 4.99 Å². The standard InChI is InChI=1S/C10H16F2N2O4S/c1-14(2)10-13-5-7(16)6(15)4(3-17-9(11)12)18-8(5)19-10/h4-9,15-16H,3H2,1-2H3. The van der Waals surface area contributed by atoms with E-state index in [9.17, 15) is 19.0 Å². The molecule has 5 unspecified atom stereocenters. The maximum Gasteiger partial charge on any atom is 0.345 e. The van der Waals surface area contributed by atoms with E-state index in [0.29, 0.717) is 5.17 Å². The first kappa shape index (κ1) is 14.9. The molecule has 0 bridgehead atoms. The van der Waals surface area contributed by atoms with Crippen LogP contribution in [0.4, 0.5) is 8.78 Å². The van der Waals surface area contributed by atoms with Crippen LogP contribution >= 0.6 is 11.8 Å². The second-order valence-corrected chi connectivity index (χ2v) is 5.60. The number of halogens is 2. The molecule has 2 heterocycles. The van der Waals surface area contributed by atoms with E-state index in [4.69, 9.17) is 4.74 Å². The number of ether oxygens (including phenoxy) is 2. The fourth-order valence-electron chi connectivity index (χ4n) is 1.94. The zero-order valence-corrected chi connectivity index (χ0v) is 11.3. The topological polar surface area (TPSA) is 74.5 Å². The van der Waals surface area contributed by atoms with E-state index in [2.05, 4.69) is 9.73 Å². The second kappa shape index (κ2) is 5.88. The summed E-state index contributed by atoms with van der Waals surface area (Å²) in [6.45, 7) is -3.41. The number of rotatable bonds is 3. The van der Waals surface area contributed by atoms with Crippen molar-refractivity contribution in [1.82, 2.24) is 4.90 Å². The van der Waals surface area contributed by atoms with Gasteiger partial charge in [-0.15, -0.1) is 0 Å². The van der Waals surface area contributed by atoms with Crippen LogP contribution < -0.4 is 0 Å². The summed E-state index contributed by atoms with van der Waals surface area (Å²) in [5.74, 6) is 0. The molecule has 5 atom stereocenters. The lowest BCUT2D eigenvalue weighted by atomic mass is 9.99. The molecule has 2 aliphatic rings. The maximum absolute atomic E-state index is 12.0. The van der Waals surface area contributed by atoms with E-state index in [0.717, 1.165) is 0 Å². The Hall–Kier alpha value is -0.480. The second-order valence-electron chi connectivity index (χ2n) is 4.53. The molecule has 1 fully saturated rings. The van der Waals surface area contributed by atoms with Gasteiger partial charge in [0.1, 0.15) is 29.8 Å². The SMILES string of the molecule is CN(C)C1=NC2C(OC(COC(F)F)C(O)C2O)S1. The molecule has 0 aromatic carbocycles. The number of alkyl halides is 2. The fourth-order valence-corrected chi connectivity index (χ4v) is 3.10. The van der Waals surface area contributed by atoms with Crippen molar-refractivity contribution in [1.29, 1.82) is 0 Å². The number of hydrogen-bond donors (Lipinski definition) is 2. The predicted molar refractivity (Wildman–Crippen MR) is 65.1 cm³/mol. The highest BCUT2D eigenvalue weighted by atomic mass is 32.2. The van der Waals surface area contributed by atoms with Gasteiger partial charge in [-0.25, -0.2) is 0 Å². The van der Waals surface area contributed by atoms with Crippen LogP contribution in [0.15, 0.2) is 4.99 Å². The molecule has 0 aromatic rings. The highest BCUT2D eigenvalue weighted by molar-refractivity contribution is 8.14. The Balaban J connectivity index is 2.02. The molecule has 2 N–H and O–H groups in total. The van der Waals surface area contributed by atoms with Gasteiger partial charge in [-0.3, -0.25) is 4.99 Å². The Bertz CT molecular complexity index is 358. The Morgan fingerprint density at radius 3 is 2.68 bits per heavy atom. The van der Waals surface area contributed by atoms with Gasteiger partial charge < -0.3 is 24.6 Å². The van der Waals surface area contributed by atoms with Crippen LogP contribution in [0, 0.1) is 0 Å². The van der Waals surface area contributed by atoms with Gasteiger partial charge in [-0.1, -0.05) is 11.8 Å². The average molecular weight is 298 g/mol. The van der Waals surface area contributed by atoms with Crippen LogP contribution in [-0.4, -0.2) is 77.4 Å². The van der Waals surface area contributed by atoms with Crippen LogP contribution in [0.5, 0.6) is 0 Å².